The Bertz CT molecular complexity index is 1250. The molecule has 1 saturated heterocycles. The van der Waals surface area contributed by atoms with Crippen LogP contribution in [0.25, 0.3) is 22.0 Å². The van der Waals surface area contributed by atoms with Crippen LogP contribution in [0.3, 0.4) is 0 Å². The zero-order valence-electron chi connectivity index (χ0n) is 15.8. The van der Waals surface area contributed by atoms with Gasteiger partial charge in [0.25, 0.3) is 0 Å². The summed E-state index contributed by atoms with van der Waals surface area (Å²) < 4.78 is 41.4. The maximum absolute atomic E-state index is 13.5. The second-order valence-electron chi connectivity index (χ2n) is 7.65. The molecule has 0 spiro atoms. The number of carbonyl (C=O) groups is 1. The van der Waals surface area contributed by atoms with Crippen molar-refractivity contribution < 1.29 is 17.6 Å². The summed E-state index contributed by atoms with van der Waals surface area (Å²) >= 11 is 0. The number of aromatic amines is 1. The molecule has 8 heteroatoms. The van der Waals surface area contributed by atoms with Gasteiger partial charge in [-0.05, 0) is 54.8 Å². The number of aromatic nitrogens is 1. The van der Waals surface area contributed by atoms with Gasteiger partial charge in [0.1, 0.15) is 5.82 Å². The first-order valence-corrected chi connectivity index (χ1v) is 11.0. The third-order valence-corrected chi connectivity index (χ3v) is 8.03. The number of amides is 1. The minimum atomic E-state index is -3.66. The van der Waals surface area contributed by atoms with E-state index in [1.165, 1.54) is 16.4 Å². The van der Waals surface area contributed by atoms with E-state index in [9.17, 15) is 17.6 Å². The summed E-state index contributed by atoms with van der Waals surface area (Å²) in [7, 11) is -3.66. The van der Waals surface area contributed by atoms with Crippen LogP contribution >= 0.6 is 0 Å². The number of sulfonamides is 1. The molecule has 2 aliphatic heterocycles. The van der Waals surface area contributed by atoms with E-state index in [-0.39, 0.29) is 30.2 Å². The second kappa shape index (κ2) is 6.40. The number of H-pyrrole nitrogens is 1. The van der Waals surface area contributed by atoms with Crippen molar-refractivity contribution in [1.82, 2.24) is 14.6 Å². The van der Waals surface area contributed by atoms with Crippen LogP contribution in [0.1, 0.15) is 31.4 Å². The number of rotatable bonds is 2. The number of piperidine rings is 1. The smallest absolute Gasteiger partial charge is 0.244 e. The van der Waals surface area contributed by atoms with E-state index in [0.717, 1.165) is 22.1 Å². The van der Waals surface area contributed by atoms with Gasteiger partial charge in [0, 0.05) is 47.7 Å². The first kappa shape index (κ1) is 18.3. The van der Waals surface area contributed by atoms with Gasteiger partial charge in [-0.3, -0.25) is 4.79 Å². The fourth-order valence-electron chi connectivity index (χ4n) is 4.57. The van der Waals surface area contributed by atoms with Crippen LogP contribution in [-0.2, 0) is 14.8 Å². The molecule has 0 aliphatic carbocycles. The van der Waals surface area contributed by atoms with Crippen molar-refractivity contribution >= 4 is 26.8 Å². The Morgan fingerprint density at radius 2 is 2.00 bits per heavy atom. The highest BCUT2D eigenvalue weighted by Crippen LogP contribution is 2.44. The van der Waals surface area contributed by atoms with E-state index in [1.54, 1.807) is 18.2 Å². The van der Waals surface area contributed by atoms with Gasteiger partial charge in [0.15, 0.2) is 0 Å². The Balaban J connectivity index is 1.58. The Morgan fingerprint density at radius 3 is 2.79 bits per heavy atom. The quantitative estimate of drug-likeness (QED) is 0.676. The lowest BCUT2D eigenvalue weighted by Crippen LogP contribution is -2.46. The summed E-state index contributed by atoms with van der Waals surface area (Å²) in [6.07, 6.45) is 2.59. The average Bonchev–Trinajstić information content (AvgIpc) is 3.18. The van der Waals surface area contributed by atoms with Gasteiger partial charge in [-0.1, -0.05) is 6.07 Å². The monoisotopic (exact) mass is 413 g/mol. The molecule has 0 saturated carbocycles. The number of halogens is 1. The predicted octanol–water partition coefficient (Wildman–Crippen LogP) is 3.32. The van der Waals surface area contributed by atoms with Crippen LogP contribution in [0.15, 0.2) is 47.5 Å². The molecule has 0 radical (unpaired) electrons. The molecule has 150 valence electrons. The van der Waals surface area contributed by atoms with Crippen LogP contribution in [0, 0.1) is 5.82 Å². The van der Waals surface area contributed by atoms with E-state index < -0.39 is 10.0 Å². The average molecular weight is 413 g/mol. The topological polar surface area (TPSA) is 82.3 Å². The van der Waals surface area contributed by atoms with Gasteiger partial charge >= 0.3 is 0 Å². The first-order chi connectivity index (χ1) is 13.9. The molecule has 6 nitrogen and oxygen atoms in total. The molecule has 2 aromatic carbocycles. The van der Waals surface area contributed by atoms with Gasteiger partial charge in [0.2, 0.25) is 15.9 Å². The number of nitrogens with zero attached hydrogens (tertiary/aromatic N) is 1. The standard InChI is InChI=1S/C21H20FN3O3S/c1-12-17-8-13(18-11-24-19-9-14(22)3-4-16(18)19)2-5-20(17)29(27,28)25(12)15-6-7-23-21(26)10-15/h2-5,8-9,11-12,15,24H,6-7,10H2,1H3,(H,23,26)/t12-,15?/m1/s1. The van der Waals surface area contributed by atoms with E-state index in [0.29, 0.717) is 23.4 Å². The van der Waals surface area contributed by atoms with Crippen LogP contribution in [0.2, 0.25) is 0 Å². The van der Waals surface area contributed by atoms with E-state index >= 15 is 0 Å². The van der Waals surface area contributed by atoms with Crippen molar-refractivity contribution in [2.24, 2.45) is 0 Å². The number of benzene rings is 2. The maximum atomic E-state index is 13.5. The van der Waals surface area contributed by atoms with Crippen molar-refractivity contribution in [2.75, 3.05) is 6.54 Å². The number of nitrogens with one attached hydrogen (secondary N) is 2. The maximum Gasteiger partial charge on any atom is 0.244 e. The molecule has 3 heterocycles. The fourth-order valence-corrected chi connectivity index (χ4v) is 6.67. The lowest BCUT2D eigenvalue weighted by molar-refractivity contribution is -0.123. The SMILES string of the molecule is C[C@@H]1c2cc(-c3c[nH]c4cc(F)ccc34)ccc2S(=O)(=O)N1C1CCNC(=O)C1. The molecule has 3 aromatic rings. The molecule has 1 amide bonds. The van der Waals surface area contributed by atoms with Crippen LogP contribution in [-0.4, -0.2) is 36.2 Å². The van der Waals surface area contributed by atoms with E-state index in [4.69, 9.17) is 0 Å². The zero-order valence-corrected chi connectivity index (χ0v) is 16.6. The van der Waals surface area contributed by atoms with E-state index in [1.807, 2.05) is 19.2 Å². The zero-order chi connectivity index (χ0) is 20.3. The molecule has 1 fully saturated rings. The first-order valence-electron chi connectivity index (χ1n) is 9.57. The van der Waals surface area contributed by atoms with Crippen molar-refractivity contribution in [3.05, 3.63) is 54.0 Å². The van der Waals surface area contributed by atoms with Crippen molar-refractivity contribution in [3.63, 3.8) is 0 Å². The van der Waals surface area contributed by atoms with Gasteiger partial charge in [-0.25, -0.2) is 12.8 Å². The lowest BCUT2D eigenvalue weighted by atomic mass is 9.98. The molecule has 1 aromatic heterocycles. The molecule has 0 bridgehead atoms. The Labute approximate surface area is 167 Å². The summed E-state index contributed by atoms with van der Waals surface area (Å²) in [6.45, 7) is 2.35. The van der Waals surface area contributed by atoms with Gasteiger partial charge < -0.3 is 10.3 Å². The van der Waals surface area contributed by atoms with Crippen molar-refractivity contribution in [3.8, 4) is 11.1 Å². The normalized spacial score (nSPS) is 23.9. The highest BCUT2D eigenvalue weighted by molar-refractivity contribution is 7.89. The third-order valence-electron chi connectivity index (χ3n) is 5.93. The Morgan fingerprint density at radius 1 is 1.17 bits per heavy atom. The summed E-state index contributed by atoms with van der Waals surface area (Å²) in [5.41, 5.74) is 3.18. The van der Waals surface area contributed by atoms with Crippen LogP contribution < -0.4 is 5.32 Å². The minimum absolute atomic E-state index is 0.119. The molecular weight excluding hydrogens is 393 g/mol. The number of carbonyl (C=O) groups excluding carboxylic acids is 1. The fraction of sp³-hybridized carbons (Fsp3) is 0.286. The molecule has 2 aliphatic rings. The number of fused-ring (bicyclic) bond motifs is 2. The third kappa shape index (κ3) is 2.78. The summed E-state index contributed by atoms with van der Waals surface area (Å²) in [4.78, 5) is 15.2. The summed E-state index contributed by atoms with van der Waals surface area (Å²) in [5.74, 6) is -0.432. The van der Waals surface area contributed by atoms with Crippen molar-refractivity contribution in [2.45, 2.75) is 36.7 Å². The van der Waals surface area contributed by atoms with Crippen molar-refractivity contribution in [1.29, 1.82) is 0 Å². The largest absolute Gasteiger partial charge is 0.360 e. The van der Waals surface area contributed by atoms with Crippen LogP contribution in [0.4, 0.5) is 4.39 Å². The highest BCUT2D eigenvalue weighted by Gasteiger charge is 2.45. The number of hydrogen-bond donors (Lipinski definition) is 2. The lowest BCUT2D eigenvalue weighted by Gasteiger charge is -2.32. The minimum Gasteiger partial charge on any atom is -0.360 e. The molecule has 1 unspecified atom stereocenters. The predicted molar refractivity (Wildman–Crippen MR) is 107 cm³/mol. The molecule has 29 heavy (non-hydrogen) atoms. The van der Waals surface area contributed by atoms with Crippen LogP contribution in [0.5, 0.6) is 0 Å². The Hall–Kier alpha value is -2.71. The molecule has 2 atom stereocenters. The van der Waals surface area contributed by atoms with Gasteiger partial charge in [-0.2, -0.15) is 4.31 Å². The Kier molecular flexibility index (Phi) is 4.04. The van der Waals surface area contributed by atoms with E-state index in [2.05, 4.69) is 10.3 Å². The highest BCUT2D eigenvalue weighted by atomic mass is 32.2. The molecule has 2 N–H and O–H groups in total. The van der Waals surface area contributed by atoms with Gasteiger partial charge in [-0.15, -0.1) is 0 Å². The summed E-state index contributed by atoms with van der Waals surface area (Å²) in [5, 5.41) is 3.63. The van der Waals surface area contributed by atoms with Gasteiger partial charge in [0.05, 0.1) is 4.90 Å². The summed E-state index contributed by atoms with van der Waals surface area (Å²) in [6, 6.07) is 9.20. The number of hydrogen-bond acceptors (Lipinski definition) is 3. The second-order valence-corrected chi connectivity index (χ2v) is 9.46. The molecular formula is C21H20FN3O3S. The molecule has 5 rings (SSSR count).